The second-order valence-corrected chi connectivity index (χ2v) is 15.3. The number of nitrogens with one attached hydrogen (secondary N) is 1. The topological polar surface area (TPSA) is 66.4 Å². The molecule has 5 aliphatic carbocycles. The number of hydrogen-bond acceptors (Lipinski definition) is 3. The van der Waals surface area contributed by atoms with Gasteiger partial charge in [-0.2, -0.15) is 0 Å². The van der Waals surface area contributed by atoms with Crippen LogP contribution in [0, 0.1) is 39.9 Å². The molecule has 4 heteroatoms. The zero-order chi connectivity index (χ0) is 29.6. The Hall–Kier alpha value is -2.88. The van der Waals surface area contributed by atoms with Crippen LogP contribution in [-0.4, -0.2) is 16.8 Å². The lowest BCUT2D eigenvalue weighted by atomic mass is 9.34. The van der Waals surface area contributed by atoms with E-state index in [1.807, 2.05) is 6.92 Å². The summed E-state index contributed by atoms with van der Waals surface area (Å²) < 4.78 is 0. The third-order valence-electron chi connectivity index (χ3n) is 13.0. The minimum absolute atomic E-state index is 0.0382. The number of allylic oxidation sites excluding steroid dienone is 7. The highest BCUT2D eigenvalue weighted by atomic mass is 16.3. The first-order chi connectivity index (χ1) is 19.2. The Kier molecular flexibility index (Phi) is 6.24. The molecular formula is C37H47NO3. The lowest BCUT2D eigenvalue weighted by molar-refractivity contribution is -0.169. The van der Waals surface area contributed by atoms with Gasteiger partial charge in [0, 0.05) is 22.9 Å². The van der Waals surface area contributed by atoms with Gasteiger partial charge in [-0.1, -0.05) is 82.2 Å². The van der Waals surface area contributed by atoms with Crippen LogP contribution in [0.2, 0.25) is 0 Å². The Morgan fingerprint density at radius 1 is 0.976 bits per heavy atom. The van der Waals surface area contributed by atoms with Crippen molar-refractivity contribution in [3.05, 3.63) is 81.7 Å². The second kappa shape index (κ2) is 9.06. The maximum Gasteiger partial charge on any atom is 0.226 e. The highest BCUT2D eigenvalue weighted by molar-refractivity contribution is 6.06. The van der Waals surface area contributed by atoms with E-state index in [9.17, 15) is 14.7 Å². The van der Waals surface area contributed by atoms with Crippen LogP contribution < -0.4 is 5.32 Å². The van der Waals surface area contributed by atoms with Crippen molar-refractivity contribution in [3.63, 3.8) is 0 Å². The summed E-state index contributed by atoms with van der Waals surface area (Å²) in [5.41, 5.74) is 6.20. The molecular weight excluding hydrogens is 506 g/mol. The fourth-order valence-electron chi connectivity index (χ4n) is 9.88. The van der Waals surface area contributed by atoms with Gasteiger partial charge in [0.1, 0.15) is 0 Å². The van der Waals surface area contributed by atoms with Crippen molar-refractivity contribution < 1.29 is 14.7 Å². The van der Waals surface area contributed by atoms with E-state index in [4.69, 9.17) is 0 Å². The average Bonchev–Trinajstić information content (AvgIpc) is 2.93. The van der Waals surface area contributed by atoms with Crippen LogP contribution in [0.15, 0.2) is 70.5 Å². The number of aliphatic hydroxyl groups is 1. The maximum atomic E-state index is 13.8. The Morgan fingerprint density at radius 2 is 1.71 bits per heavy atom. The van der Waals surface area contributed by atoms with Crippen LogP contribution in [0.1, 0.15) is 97.6 Å². The quantitative estimate of drug-likeness (QED) is 0.396. The zero-order valence-electron chi connectivity index (χ0n) is 26.0. The number of aryl methyl sites for hydroxylation is 1. The molecule has 6 atom stereocenters. The third kappa shape index (κ3) is 3.92. The summed E-state index contributed by atoms with van der Waals surface area (Å²) in [6, 6.07) is 8.39. The van der Waals surface area contributed by atoms with E-state index in [0.29, 0.717) is 18.0 Å². The number of ketones is 1. The average molecular weight is 554 g/mol. The summed E-state index contributed by atoms with van der Waals surface area (Å²) in [6.45, 7) is 16.5. The van der Waals surface area contributed by atoms with E-state index in [-0.39, 0.29) is 44.5 Å². The smallest absolute Gasteiger partial charge is 0.226 e. The number of benzene rings is 1. The summed E-state index contributed by atoms with van der Waals surface area (Å²) in [5.74, 6) is 0.227. The zero-order valence-corrected chi connectivity index (χ0v) is 26.0. The van der Waals surface area contributed by atoms with E-state index >= 15 is 0 Å². The number of aliphatic hydroxyl groups excluding tert-OH is 1. The molecule has 3 fully saturated rings. The van der Waals surface area contributed by atoms with Gasteiger partial charge in [0.15, 0.2) is 5.76 Å². The van der Waals surface area contributed by atoms with Gasteiger partial charge in [-0.25, -0.2) is 0 Å². The predicted molar refractivity (Wildman–Crippen MR) is 164 cm³/mol. The van der Waals surface area contributed by atoms with Crippen LogP contribution in [0.25, 0.3) is 0 Å². The minimum Gasteiger partial charge on any atom is -0.504 e. The number of amides is 1. The van der Waals surface area contributed by atoms with E-state index in [2.05, 4.69) is 83.3 Å². The van der Waals surface area contributed by atoms with Gasteiger partial charge in [-0.3, -0.25) is 9.59 Å². The van der Waals surface area contributed by atoms with Crippen LogP contribution >= 0.6 is 0 Å². The Morgan fingerprint density at radius 3 is 2.44 bits per heavy atom. The molecule has 0 saturated heterocycles. The lowest BCUT2D eigenvalue weighted by Crippen LogP contribution is -2.62. The number of carbonyl (C=O) groups is 2. The van der Waals surface area contributed by atoms with E-state index in [1.54, 1.807) is 6.08 Å². The molecule has 6 rings (SSSR count). The highest BCUT2D eigenvalue weighted by Crippen LogP contribution is 2.75. The number of hydrogen-bond donors (Lipinski definition) is 2. The molecule has 218 valence electrons. The van der Waals surface area contributed by atoms with Crippen molar-refractivity contribution in [2.24, 2.45) is 33.0 Å². The van der Waals surface area contributed by atoms with Gasteiger partial charge >= 0.3 is 0 Å². The molecule has 0 spiro atoms. The van der Waals surface area contributed by atoms with Crippen LogP contribution in [-0.2, 0) is 16.1 Å². The Balaban J connectivity index is 1.33. The molecule has 2 N–H and O–H groups in total. The maximum absolute atomic E-state index is 13.8. The van der Waals surface area contributed by atoms with Crippen molar-refractivity contribution in [3.8, 4) is 0 Å². The first kappa shape index (κ1) is 28.2. The number of carbonyl (C=O) groups excluding carboxylic acids is 2. The molecule has 0 aliphatic heterocycles. The third-order valence-corrected chi connectivity index (χ3v) is 13.0. The second-order valence-electron chi connectivity index (χ2n) is 15.3. The van der Waals surface area contributed by atoms with Gasteiger partial charge in [-0.05, 0) is 104 Å². The molecule has 3 saturated carbocycles. The normalized spacial score (nSPS) is 39.8. The van der Waals surface area contributed by atoms with E-state index in [0.717, 1.165) is 61.7 Å². The molecule has 0 aromatic heterocycles. The lowest BCUT2D eigenvalue weighted by Gasteiger charge is -2.70. The molecule has 0 bridgehead atoms. The van der Waals surface area contributed by atoms with Crippen molar-refractivity contribution in [2.75, 3.05) is 0 Å². The van der Waals surface area contributed by atoms with Crippen molar-refractivity contribution in [1.82, 2.24) is 5.32 Å². The molecule has 5 aliphatic rings. The SMILES string of the molecule is CC1=C(O)C(=O)C=C2C1=CC=C1[C@@]2(C)CC[C@@]2(C)[C@@H]3C[C@](C)(C(=O)NCc4cccc(C)c4)CC[C@]3(C)CC[C@]12C. The predicted octanol–water partition coefficient (Wildman–Crippen LogP) is 8.24. The summed E-state index contributed by atoms with van der Waals surface area (Å²) in [6.07, 6.45) is 13.4. The van der Waals surface area contributed by atoms with E-state index < -0.39 is 0 Å². The summed E-state index contributed by atoms with van der Waals surface area (Å²) >= 11 is 0. The van der Waals surface area contributed by atoms with Gasteiger partial charge in [0.05, 0.1) is 0 Å². The first-order valence-corrected chi connectivity index (χ1v) is 15.6. The van der Waals surface area contributed by atoms with Crippen LogP contribution in [0.3, 0.4) is 0 Å². The molecule has 1 aromatic carbocycles. The van der Waals surface area contributed by atoms with Gasteiger partial charge in [0.2, 0.25) is 11.7 Å². The van der Waals surface area contributed by atoms with Crippen molar-refractivity contribution in [1.29, 1.82) is 0 Å². The van der Waals surface area contributed by atoms with Gasteiger partial charge in [-0.15, -0.1) is 0 Å². The fraction of sp³-hybridized carbons (Fsp3) is 0.568. The Labute approximate surface area is 246 Å². The monoisotopic (exact) mass is 553 g/mol. The largest absolute Gasteiger partial charge is 0.504 e. The number of rotatable bonds is 3. The van der Waals surface area contributed by atoms with Gasteiger partial charge in [0.25, 0.3) is 0 Å². The molecule has 0 unspecified atom stereocenters. The molecule has 0 heterocycles. The van der Waals surface area contributed by atoms with Crippen molar-refractivity contribution >= 4 is 11.7 Å². The minimum atomic E-state index is -0.387. The summed E-state index contributed by atoms with van der Waals surface area (Å²) in [4.78, 5) is 26.6. The summed E-state index contributed by atoms with van der Waals surface area (Å²) in [5, 5.41) is 13.7. The Bertz CT molecular complexity index is 1480. The number of fused-ring (bicyclic) bond motifs is 7. The van der Waals surface area contributed by atoms with Crippen LogP contribution in [0.4, 0.5) is 0 Å². The van der Waals surface area contributed by atoms with Gasteiger partial charge < -0.3 is 10.4 Å². The molecule has 0 radical (unpaired) electrons. The fourth-order valence-corrected chi connectivity index (χ4v) is 9.88. The van der Waals surface area contributed by atoms with Crippen molar-refractivity contribution in [2.45, 2.75) is 100.0 Å². The summed E-state index contributed by atoms with van der Waals surface area (Å²) in [7, 11) is 0. The standard InChI is InChI=1S/C37H47NO3/c1-23-9-8-10-25(19-23)22-38-32(41)34(4)14-13-33(3)15-17-36(6)29-12-11-26-24(2)31(40)28(39)20-27(26)35(29,5)16-18-37(36,7)30(33)21-34/h8-12,19-20,30,40H,13-18,21-22H2,1-7H3,(H,38,41)/t30-,33-,34-,35+,36-,37+/m1/s1. The highest BCUT2D eigenvalue weighted by Gasteiger charge is 2.67. The molecule has 4 nitrogen and oxygen atoms in total. The first-order valence-electron chi connectivity index (χ1n) is 15.6. The molecule has 1 amide bonds. The molecule has 41 heavy (non-hydrogen) atoms. The van der Waals surface area contributed by atoms with Crippen LogP contribution in [0.5, 0.6) is 0 Å². The molecule has 1 aromatic rings. The van der Waals surface area contributed by atoms with E-state index in [1.165, 1.54) is 11.1 Å².